The second-order valence-corrected chi connectivity index (χ2v) is 4.65. The monoisotopic (exact) mass is 271 g/mol. The third-order valence-electron chi connectivity index (χ3n) is 3.33. The summed E-state index contributed by atoms with van der Waals surface area (Å²) < 4.78 is 0. The molecular formula is C12H21N3O4. The number of amides is 3. The lowest BCUT2D eigenvalue weighted by molar-refractivity contribution is -0.139. The molecule has 0 saturated carbocycles. The van der Waals surface area contributed by atoms with E-state index in [4.69, 9.17) is 5.11 Å². The second kappa shape index (κ2) is 6.96. The molecule has 0 aromatic heterocycles. The summed E-state index contributed by atoms with van der Waals surface area (Å²) in [5.41, 5.74) is 0. The molecule has 0 radical (unpaired) electrons. The van der Waals surface area contributed by atoms with Crippen molar-refractivity contribution in [2.75, 3.05) is 20.1 Å². The van der Waals surface area contributed by atoms with Crippen LogP contribution in [0.4, 0.5) is 4.79 Å². The lowest BCUT2D eigenvalue weighted by atomic mass is 9.97. The largest absolute Gasteiger partial charge is 0.480 e. The van der Waals surface area contributed by atoms with Gasteiger partial charge in [-0.1, -0.05) is 6.92 Å². The normalized spacial score (nSPS) is 20.5. The SMILES string of the molecule is CC[C@@H](NC(=O)N1CCCC(C(=O)NC)C1)C(=O)O. The molecule has 1 rings (SSSR count). The summed E-state index contributed by atoms with van der Waals surface area (Å²) in [4.78, 5) is 35.9. The molecule has 0 aromatic carbocycles. The number of carbonyl (C=O) groups excluding carboxylic acids is 2. The Morgan fingerprint density at radius 1 is 1.42 bits per heavy atom. The highest BCUT2D eigenvalue weighted by Gasteiger charge is 2.29. The molecule has 3 N–H and O–H groups in total. The van der Waals surface area contributed by atoms with E-state index in [-0.39, 0.29) is 11.8 Å². The van der Waals surface area contributed by atoms with Crippen LogP contribution in [-0.4, -0.2) is 54.1 Å². The third kappa shape index (κ3) is 4.11. The van der Waals surface area contributed by atoms with Crippen LogP contribution < -0.4 is 10.6 Å². The van der Waals surface area contributed by atoms with Crippen molar-refractivity contribution in [1.82, 2.24) is 15.5 Å². The number of hydrogen-bond donors (Lipinski definition) is 3. The number of urea groups is 1. The molecule has 1 unspecified atom stereocenters. The summed E-state index contributed by atoms with van der Waals surface area (Å²) in [5.74, 6) is -1.34. The Morgan fingerprint density at radius 3 is 2.63 bits per heavy atom. The van der Waals surface area contributed by atoms with Crippen LogP contribution >= 0.6 is 0 Å². The van der Waals surface area contributed by atoms with E-state index in [1.807, 2.05) is 0 Å². The Bertz CT molecular complexity index is 359. The van der Waals surface area contributed by atoms with E-state index in [0.717, 1.165) is 12.8 Å². The fraction of sp³-hybridized carbons (Fsp3) is 0.750. The molecule has 1 saturated heterocycles. The maximum absolute atomic E-state index is 11.9. The molecule has 1 aliphatic heterocycles. The minimum Gasteiger partial charge on any atom is -0.480 e. The van der Waals surface area contributed by atoms with Gasteiger partial charge in [0.05, 0.1) is 5.92 Å². The zero-order valence-corrected chi connectivity index (χ0v) is 11.3. The number of hydrogen-bond acceptors (Lipinski definition) is 3. The Hall–Kier alpha value is -1.79. The van der Waals surface area contributed by atoms with Crippen molar-refractivity contribution in [3.8, 4) is 0 Å². The van der Waals surface area contributed by atoms with Crippen LogP contribution in [0.2, 0.25) is 0 Å². The number of carboxylic acid groups (broad SMARTS) is 1. The topological polar surface area (TPSA) is 98.7 Å². The van der Waals surface area contributed by atoms with E-state index >= 15 is 0 Å². The van der Waals surface area contributed by atoms with Crippen molar-refractivity contribution >= 4 is 17.9 Å². The predicted octanol–water partition coefficient (Wildman–Crippen LogP) is 0.0172. The number of aliphatic carboxylic acids is 1. The number of likely N-dealkylation sites (tertiary alicyclic amines) is 1. The van der Waals surface area contributed by atoms with Crippen LogP contribution in [0.1, 0.15) is 26.2 Å². The van der Waals surface area contributed by atoms with Gasteiger partial charge in [0.1, 0.15) is 6.04 Å². The molecule has 1 aliphatic rings. The zero-order valence-electron chi connectivity index (χ0n) is 11.3. The smallest absolute Gasteiger partial charge is 0.326 e. The number of carbonyl (C=O) groups is 3. The summed E-state index contributed by atoms with van der Waals surface area (Å²) in [7, 11) is 1.57. The fourth-order valence-corrected chi connectivity index (χ4v) is 2.16. The van der Waals surface area contributed by atoms with E-state index in [2.05, 4.69) is 10.6 Å². The van der Waals surface area contributed by atoms with Gasteiger partial charge in [-0.2, -0.15) is 0 Å². The first-order chi connectivity index (χ1) is 8.99. The van der Waals surface area contributed by atoms with Crippen molar-refractivity contribution in [3.05, 3.63) is 0 Å². The van der Waals surface area contributed by atoms with Crippen LogP contribution in [0.25, 0.3) is 0 Å². The number of piperidine rings is 1. The average molecular weight is 271 g/mol. The molecule has 2 atom stereocenters. The summed E-state index contributed by atoms with van der Waals surface area (Å²) in [6, 6.07) is -1.30. The maximum Gasteiger partial charge on any atom is 0.326 e. The van der Waals surface area contributed by atoms with Crippen molar-refractivity contribution in [1.29, 1.82) is 0 Å². The van der Waals surface area contributed by atoms with Gasteiger partial charge in [0.15, 0.2) is 0 Å². The van der Waals surface area contributed by atoms with Crippen molar-refractivity contribution in [2.24, 2.45) is 5.92 Å². The number of carboxylic acids is 1. The molecular weight excluding hydrogens is 250 g/mol. The quantitative estimate of drug-likeness (QED) is 0.671. The molecule has 7 nitrogen and oxygen atoms in total. The molecule has 1 heterocycles. The Morgan fingerprint density at radius 2 is 2.11 bits per heavy atom. The molecule has 3 amide bonds. The van der Waals surface area contributed by atoms with Gasteiger partial charge in [-0.25, -0.2) is 9.59 Å². The summed E-state index contributed by atoms with van der Waals surface area (Å²) in [6.07, 6.45) is 1.82. The van der Waals surface area contributed by atoms with Crippen LogP contribution in [0.15, 0.2) is 0 Å². The first-order valence-corrected chi connectivity index (χ1v) is 6.49. The summed E-state index contributed by atoms with van der Waals surface area (Å²) in [5, 5.41) is 13.9. The highest BCUT2D eigenvalue weighted by Crippen LogP contribution is 2.16. The van der Waals surface area contributed by atoms with Crippen LogP contribution in [0.5, 0.6) is 0 Å². The van der Waals surface area contributed by atoms with E-state index in [1.54, 1.807) is 14.0 Å². The number of nitrogens with zero attached hydrogens (tertiary/aromatic N) is 1. The molecule has 108 valence electrons. The highest BCUT2D eigenvalue weighted by molar-refractivity contribution is 5.83. The molecule has 0 aromatic rings. The van der Waals surface area contributed by atoms with Crippen molar-refractivity contribution in [2.45, 2.75) is 32.2 Å². The minimum atomic E-state index is -1.05. The Balaban J connectivity index is 2.57. The molecule has 7 heteroatoms. The lowest BCUT2D eigenvalue weighted by Gasteiger charge is -2.32. The standard InChI is InChI=1S/C12H21N3O4/c1-3-9(11(17)18)14-12(19)15-6-4-5-8(7-15)10(16)13-2/h8-9H,3-7H2,1-2H3,(H,13,16)(H,14,19)(H,17,18)/t8?,9-/m1/s1. The molecule has 1 fully saturated rings. The molecule has 0 spiro atoms. The van der Waals surface area contributed by atoms with Crippen LogP contribution in [-0.2, 0) is 9.59 Å². The second-order valence-electron chi connectivity index (χ2n) is 4.65. The van der Waals surface area contributed by atoms with Crippen molar-refractivity contribution in [3.63, 3.8) is 0 Å². The van der Waals surface area contributed by atoms with Gasteiger partial charge < -0.3 is 20.6 Å². The van der Waals surface area contributed by atoms with Crippen LogP contribution in [0.3, 0.4) is 0 Å². The zero-order chi connectivity index (χ0) is 14.4. The first kappa shape index (κ1) is 15.3. The molecule has 0 bridgehead atoms. The Labute approximate surface area is 112 Å². The summed E-state index contributed by atoms with van der Waals surface area (Å²) in [6.45, 7) is 2.58. The maximum atomic E-state index is 11.9. The van der Waals surface area contributed by atoms with Crippen LogP contribution in [0, 0.1) is 5.92 Å². The van der Waals surface area contributed by atoms with Crippen molar-refractivity contribution < 1.29 is 19.5 Å². The highest BCUT2D eigenvalue weighted by atomic mass is 16.4. The van der Waals surface area contributed by atoms with E-state index in [9.17, 15) is 14.4 Å². The van der Waals surface area contributed by atoms with Gasteiger partial charge in [-0.15, -0.1) is 0 Å². The van der Waals surface area contributed by atoms with Gasteiger partial charge >= 0.3 is 12.0 Å². The number of rotatable bonds is 4. The van der Waals surface area contributed by atoms with Gasteiger partial charge in [0.2, 0.25) is 5.91 Å². The predicted molar refractivity (Wildman–Crippen MR) is 68.6 cm³/mol. The minimum absolute atomic E-state index is 0.0808. The first-order valence-electron chi connectivity index (χ1n) is 6.49. The molecule has 19 heavy (non-hydrogen) atoms. The molecule has 0 aliphatic carbocycles. The fourth-order valence-electron chi connectivity index (χ4n) is 2.16. The third-order valence-corrected chi connectivity index (χ3v) is 3.33. The van der Waals surface area contributed by atoms with Gasteiger partial charge in [-0.3, -0.25) is 4.79 Å². The summed E-state index contributed by atoms with van der Waals surface area (Å²) >= 11 is 0. The van der Waals surface area contributed by atoms with E-state index < -0.39 is 18.0 Å². The number of nitrogens with one attached hydrogen (secondary N) is 2. The Kier molecular flexibility index (Phi) is 5.59. The van der Waals surface area contributed by atoms with E-state index in [1.165, 1.54) is 4.90 Å². The average Bonchev–Trinajstić information content (AvgIpc) is 2.43. The lowest BCUT2D eigenvalue weighted by Crippen LogP contribution is -2.52. The van der Waals surface area contributed by atoms with Gasteiger partial charge in [0.25, 0.3) is 0 Å². The van der Waals surface area contributed by atoms with Gasteiger partial charge in [-0.05, 0) is 19.3 Å². The van der Waals surface area contributed by atoms with E-state index in [0.29, 0.717) is 19.5 Å². The van der Waals surface area contributed by atoms with Gasteiger partial charge in [0, 0.05) is 20.1 Å².